The number of rotatable bonds is 5. The van der Waals surface area contributed by atoms with Crippen molar-refractivity contribution in [2.45, 2.75) is 57.6 Å². The number of hydrogen-bond donors (Lipinski definition) is 2. The summed E-state index contributed by atoms with van der Waals surface area (Å²) in [4.78, 5) is 49.5. The first kappa shape index (κ1) is 21.0. The van der Waals surface area contributed by atoms with E-state index >= 15 is 0 Å². The Morgan fingerprint density at radius 1 is 1.33 bits per heavy atom. The van der Waals surface area contributed by atoms with Crippen molar-refractivity contribution in [3.63, 3.8) is 0 Å². The Labute approximate surface area is 156 Å². The van der Waals surface area contributed by atoms with E-state index in [0.29, 0.717) is 19.4 Å². The third kappa shape index (κ3) is 5.86. The molecule has 2 aliphatic heterocycles. The molecule has 0 aromatic carbocycles. The Morgan fingerprint density at radius 2 is 1.96 bits per heavy atom. The molecular weight excluding hydrogens is 364 g/mol. The molecule has 0 aromatic rings. The second-order valence-corrected chi connectivity index (χ2v) is 7.95. The Balaban J connectivity index is 2.07. The smallest absolute Gasteiger partial charge is 0.408 e. The van der Waals surface area contributed by atoms with Crippen molar-refractivity contribution in [2.75, 3.05) is 19.6 Å². The van der Waals surface area contributed by atoms with Gasteiger partial charge in [-0.1, -0.05) is 0 Å². The summed E-state index contributed by atoms with van der Waals surface area (Å²) in [6.07, 6.45) is 0.191. The molecule has 3 amide bonds. The third-order valence-corrected chi connectivity index (χ3v) is 4.27. The normalized spacial score (nSPS) is 22.9. The fourth-order valence-corrected chi connectivity index (χ4v) is 2.99. The van der Waals surface area contributed by atoms with Gasteiger partial charge in [-0.25, -0.2) is 13.6 Å². The van der Waals surface area contributed by atoms with E-state index in [1.165, 1.54) is 0 Å². The Hall–Kier alpha value is -2.26. The highest BCUT2D eigenvalue weighted by atomic mass is 19.3. The highest BCUT2D eigenvalue weighted by Crippen LogP contribution is 2.27. The number of alkyl halides is 2. The third-order valence-electron chi connectivity index (χ3n) is 4.27. The molecule has 2 unspecified atom stereocenters. The molecule has 8 nitrogen and oxygen atoms in total. The molecule has 0 radical (unpaired) electrons. The summed E-state index contributed by atoms with van der Waals surface area (Å²) < 4.78 is 31.1. The first-order valence-corrected chi connectivity index (χ1v) is 8.86. The van der Waals surface area contributed by atoms with Crippen LogP contribution in [0.3, 0.4) is 0 Å². The monoisotopic (exact) mass is 389 g/mol. The minimum atomic E-state index is -3.01. The van der Waals surface area contributed by atoms with Gasteiger partial charge in [0, 0.05) is 12.5 Å². The molecule has 2 atom stereocenters. The predicted molar refractivity (Wildman–Crippen MR) is 90.0 cm³/mol. The molecule has 0 saturated carbocycles. The molecule has 2 aliphatic rings. The molecule has 10 heteroatoms. The number of piperidine rings is 1. The Morgan fingerprint density at radius 3 is 2.48 bits per heavy atom. The fourth-order valence-electron chi connectivity index (χ4n) is 2.99. The van der Waals surface area contributed by atoms with Crippen LogP contribution in [-0.2, 0) is 19.1 Å². The lowest BCUT2D eigenvalue weighted by Crippen LogP contribution is -2.62. The second kappa shape index (κ2) is 7.77. The highest BCUT2D eigenvalue weighted by Gasteiger charge is 2.49. The molecule has 27 heavy (non-hydrogen) atoms. The van der Waals surface area contributed by atoms with Gasteiger partial charge in [0.1, 0.15) is 11.6 Å². The lowest BCUT2D eigenvalue weighted by Gasteiger charge is -2.38. The van der Waals surface area contributed by atoms with Gasteiger partial charge in [0.25, 0.3) is 11.8 Å². The van der Waals surface area contributed by atoms with Crippen molar-refractivity contribution in [2.24, 2.45) is 5.92 Å². The maximum absolute atomic E-state index is 13.0. The number of hydrogen-bond acceptors (Lipinski definition) is 5. The van der Waals surface area contributed by atoms with Crippen molar-refractivity contribution < 1.29 is 32.7 Å². The van der Waals surface area contributed by atoms with Crippen molar-refractivity contribution in [1.29, 1.82) is 0 Å². The molecule has 2 fully saturated rings. The number of Topliss-reactive ketones (excluding diaryl/α,β-unsaturated/α-hetero) is 1. The number of carbonyl (C=O) groups is 4. The van der Waals surface area contributed by atoms with E-state index in [-0.39, 0.29) is 12.3 Å². The fraction of sp³-hybridized carbons (Fsp3) is 0.765. The molecule has 2 heterocycles. The zero-order chi connectivity index (χ0) is 20.4. The van der Waals surface area contributed by atoms with Crippen LogP contribution in [0.2, 0.25) is 0 Å². The van der Waals surface area contributed by atoms with Gasteiger partial charge in [0.05, 0.1) is 13.1 Å². The molecular formula is C17H25F2N3O5. The number of alkyl carbamates (subject to hydrolysis) is 1. The molecule has 152 valence electrons. The SMILES string of the molecule is CC(C)(C)OC(=O)NC(CC1CCCNC1=O)C(=O)C(=O)N1CC(F)(F)C1. The number of halogens is 2. The summed E-state index contributed by atoms with van der Waals surface area (Å²) in [6, 6.07) is -1.32. The van der Waals surface area contributed by atoms with Gasteiger partial charge >= 0.3 is 6.09 Å². The van der Waals surface area contributed by atoms with Gasteiger partial charge in [-0.2, -0.15) is 0 Å². The second-order valence-electron chi connectivity index (χ2n) is 7.95. The minimum absolute atomic E-state index is 0.0973. The van der Waals surface area contributed by atoms with Crippen LogP contribution >= 0.6 is 0 Å². The number of amides is 3. The maximum atomic E-state index is 13.0. The zero-order valence-corrected chi connectivity index (χ0v) is 15.6. The summed E-state index contributed by atoms with van der Waals surface area (Å²) >= 11 is 0. The molecule has 2 N–H and O–H groups in total. The van der Waals surface area contributed by atoms with E-state index < -0.39 is 54.4 Å². The first-order chi connectivity index (χ1) is 12.4. The van der Waals surface area contributed by atoms with E-state index in [9.17, 15) is 28.0 Å². The van der Waals surface area contributed by atoms with E-state index in [1.54, 1.807) is 20.8 Å². The lowest BCUT2D eigenvalue weighted by molar-refractivity contribution is -0.170. The lowest BCUT2D eigenvalue weighted by atomic mass is 9.89. The Kier molecular flexibility index (Phi) is 6.06. The first-order valence-electron chi connectivity index (χ1n) is 8.86. The molecule has 0 aromatic heterocycles. The number of nitrogens with zero attached hydrogens (tertiary/aromatic N) is 1. The van der Waals surface area contributed by atoms with Gasteiger partial charge in [0.15, 0.2) is 0 Å². The topological polar surface area (TPSA) is 105 Å². The number of carbonyl (C=O) groups excluding carboxylic acids is 4. The van der Waals surface area contributed by atoms with Crippen LogP contribution in [-0.4, -0.2) is 65.8 Å². The van der Waals surface area contributed by atoms with E-state index in [2.05, 4.69) is 10.6 Å². The van der Waals surface area contributed by atoms with E-state index in [0.717, 1.165) is 4.90 Å². The predicted octanol–water partition coefficient (Wildman–Crippen LogP) is 0.843. The summed E-state index contributed by atoms with van der Waals surface area (Å²) in [5.74, 6) is -5.97. The van der Waals surface area contributed by atoms with Crippen LogP contribution < -0.4 is 10.6 Å². The molecule has 2 saturated heterocycles. The van der Waals surface area contributed by atoms with Crippen LogP contribution in [0.15, 0.2) is 0 Å². The van der Waals surface area contributed by atoms with Crippen LogP contribution in [0.5, 0.6) is 0 Å². The highest BCUT2D eigenvalue weighted by molar-refractivity contribution is 6.38. The number of likely N-dealkylation sites (tertiary alicyclic amines) is 1. The van der Waals surface area contributed by atoms with Crippen molar-refractivity contribution in [1.82, 2.24) is 15.5 Å². The van der Waals surface area contributed by atoms with E-state index in [4.69, 9.17) is 4.74 Å². The number of ketones is 1. The largest absolute Gasteiger partial charge is 0.444 e. The van der Waals surface area contributed by atoms with Gasteiger partial charge in [-0.15, -0.1) is 0 Å². The minimum Gasteiger partial charge on any atom is -0.444 e. The van der Waals surface area contributed by atoms with Crippen LogP contribution in [0, 0.1) is 5.92 Å². The van der Waals surface area contributed by atoms with Gasteiger partial charge in [-0.05, 0) is 40.0 Å². The summed E-state index contributed by atoms with van der Waals surface area (Å²) in [7, 11) is 0. The summed E-state index contributed by atoms with van der Waals surface area (Å²) in [5, 5.41) is 4.98. The standard InChI is InChI=1S/C17H25F2N3O5/c1-16(2,3)27-15(26)21-11(7-10-5-4-6-20-13(10)24)12(23)14(25)22-8-17(18,19)9-22/h10-11H,4-9H2,1-3H3,(H,20,24)(H,21,26). The zero-order valence-electron chi connectivity index (χ0n) is 15.6. The average molecular weight is 389 g/mol. The van der Waals surface area contributed by atoms with Crippen molar-refractivity contribution >= 4 is 23.7 Å². The molecule has 0 spiro atoms. The van der Waals surface area contributed by atoms with Gasteiger partial charge in [0.2, 0.25) is 11.7 Å². The Bertz CT molecular complexity index is 625. The van der Waals surface area contributed by atoms with Crippen LogP contribution in [0.4, 0.5) is 13.6 Å². The summed E-state index contributed by atoms with van der Waals surface area (Å²) in [5.41, 5.74) is -0.830. The van der Waals surface area contributed by atoms with E-state index in [1.807, 2.05) is 0 Å². The van der Waals surface area contributed by atoms with Crippen molar-refractivity contribution in [3.8, 4) is 0 Å². The number of nitrogens with one attached hydrogen (secondary N) is 2. The van der Waals surface area contributed by atoms with Gasteiger partial charge < -0.3 is 20.3 Å². The van der Waals surface area contributed by atoms with Gasteiger partial charge in [-0.3, -0.25) is 14.4 Å². The molecule has 0 aliphatic carbocycles. The number of ether oxygens (including phenoxy) is 1. The quantitative estimate of drug-likeness (QED) is 0.678. The van der Waals surface area contributed by atoms with Crippen molar-refractivity contribution in [3.05, 3.63) is 0 Å². The molecule has 0 bridgehead atoms. The average Bonchev–Trinajstić information content (AvgIpc) is 2.50. The van der Waals surface area contributed by atoms with Crippen LogP contribution in [0.25, 0.3) is 0 Å². The molecule has 2 rings (SSSR count). The summed E-state index contributed by atoms with van der Waals surface area (Å²) in [6.45, 7) is 3.75. The maximum Gasteiger partial charge on any atom is 0.408 e. The van der Waals surface area contributed by atoms with Crippen LogP contribution in [0.1, 0.15) is 40.0 Å².